The molecule has 0 atom stereocenters. The maximum Gasteiger partial charge on any atom is 0.147 e. The molecule has 0 aliphatic rings. The van der Waals surface area contributed by atoms with Gasteiger partial charge in [0, 0.05) is 11.6 Å². The second-order valence-corrected chi connectivity index (χ2v) is 2.58. The first-order valence-electron chi connectivity index (χ1n) is 3.08. The van der Waals surface area contributed by atoms with Gasteiger partial charge < -0.3 is 11.5 Å². The van der Waals surface area contributed by atoms with Crippen LogP contribution in [0.1, 0.15) is 5.56 Å². The average Bonchev–Trinajstić information content (AvgIpc) is 1.97. The normalized spacial score (nSPS) is 10.1. The maximum absolute atomic E-state index is 12.6. The summed E-state index contributed by atoms with van der Waals surface area (Å²) in [7, 11) is 0. The van der Waals surface area contributed by atoms with Crippen molar-refractivity contribution in [2.75, 3.05) is 5.73 Å². The first kappa shape index (κ1) is 8.30. The third-order valence-electron chi connectivity index (χ3n) is 1.39. The van der Waals surface area contributed by atoms with Gasteiger partial charge in [0.2, 0.25) is 0 Å². The van der Waals surface area contributed by atoms with Crippen molar-refractivity contribution in [2.45, 2.75) is 6.54 Å². The van der Waals surface area contributed by atoms with Crippen LogP contribution >= 0.6 is 11.6 Å². The lowest BCUT2D eigenvalue weighted by atomic mass is 10.2. The Balaban J connectivity index is 3.21. The second-order valence-electron chi connectivity index (χ2n) is 2.17. The monoisotopic (exact) mass is 174 g/mol. The summed E-state index contributed by atoms with van der Waals surface area (Å²) in [4.78, 5) is 0. The highest BCUT2D eigenvalue weighted by Gasteiger charge is 2.03. The molecule has 0 aromatic heterocycles. The van der Waals surface area contributed by atoms with Crippen molar-refractivity contribution in [3.8, 4) is 0 Å². The van der Waals surface area contributed by atoms with E-state index < -0.39 is 5.82 Å². The SMILES string of the molecule is NCc1cc(N)c(F)cc1Cl. The smallest absolute Gasteiger partial charge is 0.147 e. The van der Waals surface area contributed by atoms with Crippen molar-refractivity contribution in [2.24, 2.45) is 5.73 Å². The van der Waals surface area contributed by atoms with Gasteiger partial charge in [-0.15, -0.1) is 0 Å². The summed E-state index contributed by atoms with van der Waals surface area (Å²) in [5.41, 5.74) is 11.3. The molecule has 1 aromatic rings. The van der Waals surface area contributed by atoms with Crippen LogP contribution in [0.2, 0.25) is 5.02 Å². The molecule has 0 aliphatic carbocycles. The number of halogens is 2. The van der Waals surface area contributed by atoms with E-state index in [9.17, 15) is 4.39 Å². The molecular formula is C7H8ClFN2. The minimum Gasteiger partial charge on any atom is -0.396 e. The molecule has 2 nitrogen and oxygen atoms in total. The molecule has 0 saturated heterocycles. The quantitative estimate of drug-likeness (QED) is 0.635. The summed E-state index contributed by atoms with van der Waals surface area (Å²) in [5.74, 6) is -0.507. The Kier molecular flexibility index (Phi) is 2.31. The summed E-state index contributed by atoms with van der Waals surface area (Å²) in [6, 6.07) is 2.61. The van der Waals surface area contributed by atoms with Crippen LogP contribution in [0, 0.1) is 5.82 Å². The minimum atomic E-state index is -0.507. The average molecular weight is 175 g/mol. The van der Waals surface area contributed by atoms with Crippen LogP contribution < -0.4 is 11.5 Å². The number of hydrogen-bond acceptors (Lipinski definition) is 2. The molecule has 0 aliphatic heterocycles. The summed E-state index contributed by atoms with van der Waals surface area (Å²) in [5, 5.41) is 0.319. The van der Waals surface area contributed by atoms with Crippen LogP contribution in [0.5, 0.6) is 0 Å². The van der Waals surface area contributed by atoms with Crippen LogP contribution in [-0.4, -0.2) is 0 Å². The summed E-state index contributed by atoms with van der Waals surface area (Å²) < 4.78 is 12.6. The van der Waals surface area contributed by atoms with E-state index in [0.717, 1.165) is 0 Å². The molecule has 1 aromatic carbocycles. The van der Waals surface area contributed by atoms with Crippen molar-refractivity contribution < 1.29 is 4.39 Å². The zero-order valence-corrected chi connectivity index (χ0v) is 6.53. The Morgan fingerprint density at radius 1 is 1.45 bits per heavy atom. The van der Waals surface area contributed by atoms with Gasteiger partial charge in [0.05, 0.1) is 5.69 Å². The van der Waals surface area contributed by atoms with Crippen molar-refractivity contribution in [1.29, 1.82) is 0 Å². The van der Waals surface area contributed by atoms with E-state index in [1.807, 2.05) is 0 Å². The number of anilines is 1. The summed E-state index contributed by atoms with van der Waals surface area (Å²) >= 11 is 5.63. The van der Waals surface area contributed by atoms with E-state index in [2.05, 4.69) is 0 Å². The van der Waals surface area contributed by atoms with Crippen LogP contribution in [0.15, 0.2) is 12.1 Å². The van der Waals surface area contributed by atoms with Gasteiger partial charge >= 0.3 is 0 Å². The maximum atomic E-state index is 12.6. The van der Waals surface area contributed by atoms with Crippen LogP contribution in [-0.2, 0) is 6.54 Å². The number of hydrogen-bond donors (Lipinski definition) is 2. The van der Waals surface area contributed by atoms with E-state index in [1.54, 1.807) is 0 Å². The van der Waals surface area contributed by atoms with Crippen LogP contribution in [0.3, 0.4) is 0 Å². The zero-order valence-electron chi connectivity index (χ0n) is 5.77. The zero-order chi connectivity index (χ0) is 8.43. The third-order valence-corrected chi connectivity index (χ3v) is 1.74. The Hall–Kier alpha value is -0.800. The van der Waals surface area contributed by atoms with Gasteiger partial charge in [0.15, 0.2) is 0 Å². The molecule has 0 fully saturated rings. The Morgan fingerprint density at radius 2 is 2.09 bits per heavy atom. The molecule has 0 radical (unpaired) electrons. The Morgan fingerprint density at radius 3 is 2.64 bits per heavy atom. The number of rotatable bonds is 1. The van der Waals surface area contributed by atoms with Crippen molar-refractivity contribution in [3.05, 3.63) is 28.5 Å². The summed E-state index contributed by atoms with van der Waals surface area (Å²) in [6.07, 6.45) is 0. The standard InChI is InChI=1S/C7H8ClFN2/c8-5-2-6(9)7(11)1-4(5)3-10/h1-2H,3,10-11H2. The van der Waals surface area contributed by atoms with Gasteiger partial charge in [-0.25, -0.2) is 4.39 Å². The number of nitrogen functional groups attached to an aromatic ring is 1. The Bertz CT molecular complexity index is 275. The van der Waals surface area contributed by atoms with Crippen molar-refractivity contribution in [1.82, 2.24) is 0 Å². The van der Waals surface area contributed by atoms with Gasteiger partial charge in [0.1, 0.15) is 5.82 Å². The predicted octanol–water partition coefficient (Wildman–Crippen LogP) is 1.52. The molecule has 4 heteroatoms. The van der Waals surface area contributed by atoms with E-state index in [-0.39, 0.29) is 12.2 Å². The number of benzene rings is 1. The molecule has 0 spiro atoms. The van der Waals surface area contributed by atoms with Gasteiger partial charge in [-0.3, -0.25) is 0 Å². The van der Waals surface area contributed by atoms with Gasteiger partial charge in [0.25, 0.3) is 0 Å². The lowest BCUT2D eigenvalue weighted by molar-refractivity contribution is 0.632. The third kappa shape index (κ3) is 1.61. The minimum absolute atomic E-state index is 0.0786. The molecule has 60 valence electrons. The molecular weight excluding hydrogens is 167 g/mol. The fraction of sp³-hybridized carbons (Fsp3) is 0.143. The first-order chi connectivity index (χ1) is 5.15. The van der Waals surface area contributed by atoms with Gasteiger partial charge in [-0.05, 0) is 17.7 Å². The highest BCUT2D eigenvalue weighted by atomic mass is 35.5. The molecule has 1 rings (SSSR count). The van der Waals surface area contributed by atoms with Crippen molar-refractivity contribution in [3.63, 3.8) is 0 Å². The van der Waals surface area contributed by atoms with Gasteiger partial charge in [-0.1, -0.05) is 11.6 Å². The lowest BCUT2D eigenvalue weighted by Gasteiger charge is -2.02. The molecule has 0 bridgehead atoms. The van der Waals surface area contributed by atoms with E-state index in [1.165, 1.54) is 12.1 Å². The van der Waals surface area contributed by atoms with Crippen LogP contribution in [0.4, 0.5) is 10.1 Å². The van der Waals surface area contributed by atoms with E-state index in [0.29, 0.717) is 10.6 Å². The van der Waals surface area contributed by atoms with Crippen molar-refractivity contribution >= 4 is 17.3 Å². The molecule has 0 heterocycles. The molecule has 11 heavy (non-hydrogen) atoms. The number of nitrogens with two attached hydrogens (primary N) is 2. The fourth-order valence-electron chi connectivity index (χ4n) is 0.769. The lowest BCUT2D eigenvalue weighted by Crippen LogP contribution is -2.00. The first-order valence-corrected chi connectivity index (χ1v) is 3.46. The van der Waals surface area contributed by atoms with Gasteiger partial charge in [-0.2, -0.15) is 0 Å². The molecule has 0 amide bonds. The van der Waals surface area contributed by atoms with E-state index in [4.69, 9.17) is 23.1 Å². The molecule has 0 saturated carbocycles. The predicted molar refractivity (Wildman–Crippen MR) is 43.7 cm³/mol. The summed E-state index contributed by atoms with van der Waals surface area (Å²) in [6.45, 7) is 0.267. The van der Waals surface area contributed by atoms with E-state index >= 15 is 0 Å². The highest BCUT2D eigenvalue weighted by Crippen LogP contribution is 2.21. The fourth-order valence-corrected chi connectivity index (χ4v) is 0.997. The topological polar surface area (TPSA) is 52.0 Å². The second kappa shape index (κ2) is 3.07. The largest absolute Gasteiger partial charge is 0.396 e. The molecule has 0 unspecified atom stereocenters. The van der Waals surface area contributed by atoms with Crippen LogP contribution in [0.25, 0.3) is 0 Å². The highest BCUT2D eigenvalue weighted by molar-refractivity contribution is 6.31. The molecule has 4 N–H and O–H groups in total. The Labute approximate surface area is 68.9 Å².